The Morgan fingerprint density at radius 1 is 1.89 bits per heavy atom. The van der Waals surface area contributed by atoms with Crippen LogP contribution in [0.5, 0.6) is 0 Å². The fraction of sp³-hybridized carbons (Fsp3) is 0. The first-order chi connectivity index (χ1) is 4.22. The Labute approximate surface area is 59.6 Å². The number of nitrogens with zero attached hydrogens (tertiary/aromatic N) is 1. The standard InChI is InChI=1S/C4H4BrN3O/c5-3-2(4(6)9)7-1-8-3/h1H,(H2,6,9)(H,7,8). The molecule has 5 heteroatoms. The van der Waals surface area contributed by atoms with Crippen LogP contribution in [0.15, 0.2) is 10.9 Å². The van der Waals surface area contributed by atoms with E-state index < -0.39 is 5.91 Å². The maximum Gasteiger partial charge on any atom is 0.270 e. The van der Waals surface area contributed by atoms with Gasteiger partial charge in [0.15, 0.2) is 5.69 Å². The van der Waals surface area contributed by atoms with Crippen LogP contribution in [0.4, 0.5) is 0 Å². The number of aromatic nitrogens is 2. The average Bonchev–Trinajstić information content (AvgIpc) is 2.13. The molecular formula is C4H4BrN3O. The van der Waals surface area contributed by atoms with Crippen LogP contribution in [-0.4, -0.2) is 15.9 Å². The minimum Gasteiger partial charge on any atom is -0.364 e. The number of hydrogen-bond donors (Lipinski definition) is 2. The highest BCUT2D eigenvalue weighted by Crippen LogP contribution is 2.08. The van der Waals surface area contributed by atoms with Gasteiger partial charge in [-0.05, 0) is 15.9 Å². The normalized spacial score (nSPS) is 9.44. The Morgan fingerprint density at radius 2 is 2.56 bits per heavy atom. The van der Waals surface area contributed by atoms with Gasteiger partial charge in [-0.1, -0.05) is 0 Å². The summed E-state index contributed by atoms with van der Waals surface area (Å²) in [5, 5.41) is 0. The van der Waals surface area contributed by atoms with Crippen molar-refractivity contribution in [3.05, 3.63) is 16.6 Å². The van der Waals surface area contributed by atoms with Crippen LogP contribution in [0, 0.1) is 0 Å². The van der Waals surface area contributed by atoms with Gasteiger partial charge in [0.1, 0.15) is 4.60 Å². The fourth-order valence-electron chi connectivity index (χ4n) is 0.450. The second-order valence-electron chi connectivity index (χ2n) is 1.43. The Hall–Kier alpha value is -0.840. The molecule has 1 amide bonds. The Kier molecular flexibility index (Phi) is 1.52. The molecule has 0 atom stereocenters. The highest BCUT2D eigenvalue weighted by molar-refractivity contribution is 9.10. The molecule has 0 unspecified atom stereocenters. The molecule has 48 valence electrons. The van der Waals surface area contributed by atoms with E-state index >= 15 is 0 Å². The van der Waals surface area contributed by atoms with Crippen molar-refractivity contribution in [2.75, 3.05) is 0 Å². The summed E-state index contributed by atoms with van der Waals surface area (Å²) in [7, 11) is 0. The summed E-state index contributed by atoms with van der Waals surface area (Å²) in [6.45, 7) is 0. The van der Waals surface area contributed by atoms with E-state index in [4.69, 9.17) is 5.73 Å². The van der Waals surface area contributed by atoms with Crippen molar-refractivity contribution < 1.29 is 4.79 Å². The molecule has 1 heterocycles. The third kappa shape index (κ3) is 1.10. The first-order valence-electron chi connectivity index (χ1n) is 2.20. The number of rotatable bonds is 1. The minimum absolute atomic E-state index is 0.231. The van der Waals surface area contributed by atoms with Crippen LogP contribution in [0.25, 0.3) is 0 Å². The summed E-state index contributed by atoms with van der Waals surface area (Å²) in [4.78, 5) is 16.7. The molecule has 9 heavy (non-hydrogen) atoms. The molecule has 1 aromatic rings. The number of nitrogens with one attached hydrogen (secondary N) is 1. The van der Waals surface area contributed by atoms with Crippen molar-refractivity contribution in [1.29, 1.82) is 0 Å². The van der Waals surface area contributed by atoms with Crippen LogP contribution in [0.2, 0.25) is 0 Å². The predicted octanol–water partition coefficient (Wildman–Crippen LogP) is 0.271. The van der Waals surface area contributed by atoms with Gasteiger partial charge >= 0.3 is 0 Å². The average molecular weight is 190 g/mol. The molecule has 4 nitrogen and oxygen atoms in total. The predicted molar refractivity (Wildman–Crippen MR) is 34.8 cm³/mol. The van der Waals surface area contributed by atoms with E-state index in [-0.39, 0.29) is 5.69 Å². The Morgan fingerprint density at radius 3 is 2.78 bits per heavy atom. The smallest absolute Gasteiger partial charge is 0.270 e. The molecule has 0 saturated heterocycles. The lowest BCUT2D eigenvalue weighted by molar-refractivity contribution is 0.0995. The minimum atomic E-state index is -0.539. The number of primary amides is 1. The quantitative estimate of drug-likeness (QED) is 0.667. The Balaban J connectivity index is 3.08. The zero-order chi connectivity index (χ0) is 6.85. The van der Waals surface area contributed by atoms with Crippen molar-refractivity contribution in [2.45, 2.75) is 0 Å². The third-order valence-electron chi connectivity index (χ3n) is 0.826. The summed E-state index contributed by atoms with van der Waals surface area (Å²) >= 11 is 3.05. The second kappa shape index (κ2) is 2.18. The van der Waals surface area contributed by atoms with Gasteiger partial charge in [0.05, 0.1) is 6.33 Å². The summed E-state index contributed by atoms with van der Waals surface area (Å²) < 4.78 is 0.523. The van der Waals surface area contributed by atoms with E-state index in [9.17, 15) is 4.79 Å². The highest BCUT2D eigenvalue weighted by atomic mass is 79.9. The highest BCUT2D eigenvalue weighted by Gasteiger charge is 2.06. The lowest BCUT2D eigenvalue weighted by Gasteiger charge is -1.84. The molecular weight excluding hydrogens is 186 g/mol. The third-order valence-corrected chi connectivity index (χ3v) is 1.43. The maximum atomic E-state index is 10.4. The number of carbonyl (C=O) groups is 1. The monoisotopic (exact) mass is 189 g/mol. The molecule has 0 bridgehead atoms. The number of halogens is 1. The number of H-pyrrole nitrogens is 1. The number of imidazole rings is 1. The number of aromatic amines is 1. The van der Waals surface area contributed by atoms with Crippen molar-refractivity contribution >= 4 is 21.8 Å². The van der Waals surface area contributed by atoms with Gasteiger partial charge in [-0.15, -0.1) is 0 Å². The van der Waals surface area contributed by atoms with E-state index in [0.717, 1.165) is 0 Å². The number of carbonyl (C=O) groups excluding carboxylic acids is 1. The zero-order valence-corrected chi connectivity index (χ0v) is 5.97. The summed E-state index contributed by atoms with van der Waals surface area (Å²) in [5.41, 5.74) is 5.14. The van der Waals surface area contributed by atoms with Crippen molar-refractivity contribution in [3.63, 3.8) is 0 Å². The molecule has 1 aromatic heterocycles. The maximum absolute atomic E-state index is 10.4. The first-order valence-corrected chi connectivity index (χ1v) is 3.00. The van der Waals surface area contributed by atoms with Gasteiger partial charge in [0.2, 0.25) is 0 Å². The summed E-state index contributed by atoms with van der Waals surface area (Å²) in [5.74, 6) is -0.539. The van der Waals surface area contributed by atoms with Gasteiger partial charge in [0, 0.05) is 0 Å². The van der Waals surface area contributed by atoms with Gasteiger partial charge in [-0.25, -0.2) is 4.98 Å². The van der Waals surface area contributed by atoms with Crippen molar-refractivity contribution in [3.8, 4) is 0 Å². The number of hydrogen-bond acceptors (Lipinski definition) is 2. The largest absolute Gasteiger partial charge is 0.364 e. The number of amides is 1. The van der Waals surface area contributed by atoms with Crippen LogP contribution >= 0.6 is 15.9 Å². The summed E-state index contributed by atoms with van der Waals surface area (Å²) in [6, 6.07) is 0. The van der Waals surface area contributed by atoms with Crippen molar-refractivity contribution in [1.82, 2.24) is 9.97 Å². The topological polar surface area (TPSA) is 71.8 Å². The van der Waals surface area contributed by atoms with Crippen LogP contribution in [0.3, 0.4) is 0 Å². The Bertz CT molecular complexity index is 231. The molecule has 1 rings (SSSR count). The zero-order valence-electron chi connectivity index (χ0n) is 4.39. The molecule has 0 radical (unpaired) electrons. The van der Waals surface area contributed by atoms with Crippen LogP contribution in [0.1, 0.15) is 10.5 Å². The lowest BCUT2D eigenvalue weighted by atomic mass is 10.5. The first kappa shape index (κ1) is 6.28. The molecule has 3 N–H and O–H groups in total. The van der Waals surface area contributed by atoms with Crippen molar-refractivity contribution in [2.24, 2.45) is 5.73 Å². The molecule has 0 spiro atoms. The molecule has 0 aliphatic rings. The van der Waals surface area contributed by atoms with E-state index in [1.54, 1.807) is 0 Å². The molecule has 0 aliphatic carbocycles. The van der Waals surface area contributed by atoms with E-state index in [2.05, 4.69) is 25.9 Å². The molecule has 0 fully saturated rings. The van der Waals surface area contributed by atoms with Gasteiger partial charge in [0.25, 0.3) is 5.91 Å². The fourth-order valence-corrected chi connectivity index (χ4v) is 0.850. The second-order valence-corrected chi connectivity index (χ2v) is 2.22. The van der Waals surface area contributed by atoms with Gasteiger partial charge in [-0.3, -0.25) is 4.79 Å². The van der Waals surface area contributed by atoms with E-state index in [1.165, 1.54) is 6.33 Å². The SMILES string of the molecule is NC(=O)c1nc[nH]c1Br. The van der Waals surface area contributed by atoms with Crippen LogP contribution < -0.4 is 5.73 Å². The molecule has 0 saturated carbocycles. The van der Waals surface area contributed by atoms with E-state index in [0.29, 0.717) is 4.60 Å². The molecule has 0 aliphatic heterocycles. The van der Waals surface area contributed by atoms with Crippen LogP contribution in [-0.2, 0) is 0 Å². The van der Waals surface area contributed by atoms with Gasteiger partial charge < -0.3 is 10.7 Å². The summed E-state index contributed by atoms with van der Waals surface area (Å²) in [6.07, 6.45) is 1.39. The number of nitrogens with two attached hydrogens (primary N) is 1. The van der Waals surface area contributed by atoms with E-state index in [1.807, 2.05) is 0 Å². The molecule has 0 aromatic carbocycles. The van der Waals surface area contributed by atoms with Gasteiger partial charge in [-0.2, -0.15) is 0 Å². The lowest BCUT2D eigenvalue weighted by Crippen LogP contribution is -2.11.